The summed E-state index contributed by atoms with van der Waals surface area (Å²) in [6, 6.07) is 3.27. The molecule has 1 amide bonds. The highest BCUT2D eigenvalue weighted by molar-refractivity contribution is 7.15. The molecule has 5 nitrogen and oxygen atoms in total. The quantitative estimate of drug-likeness (QED) is 0.531. The number of hydrogen-bond donors (Lipinski definition) is 1. The number of aromatic nitrogens is 2. The van der Waals surface area contributed by atoms with Crippen LogP contribution >= 0.6 is 57.5 Å². The number of carbonyl (C=O) groups is 1. The third-order valence-corrected chi connectivity index (χ3v) is 5.88. The minimum Gasteiger partial charge on any atom is -0.486 e. The molecule has 0 saturated carbocycles. The predicted molar refractivity (Wildman–Crippen MR) is 107 cm³/mol. The van der Waals surface area contributed by atoms with Crippen LogP contribution in [0.4, 0.5) is 5.82 Å². The second-order valence-electron chi connectivity index (χ2n) is 5.19. The molecule has 0 radical (unpaired) electrons. The van der Waals surface area contributed by atoms with Crippen LogP contribution in [0.3, 0.4) is 0 Å². The van der Waals surface area contributed by atoms with Crippen molar-refractivity contribution in [2.45, 2.75) is 20.0 Å². The van der Waals surface area contributed by atoms with E-state index in [-0.39, 0.29) is 18.9 Å². The van der Waals surface area contributed by atoms with E-state index in [0.29, 0.717) is 31.6 Å². The molecule has 0 aliphatic heterocycles. The van der Waals surface area contributed by atoms with Gasteiger partial charge in [-0.2, -0.15) is 0 Å². The van der Waals surface area contributed by atoms with E-state index in [1.54, 1.807) is 23.8 Å². The summed E-state index contributed by atoms with van der Waals surface area (Å²) >= 11 is 21.1. The van der Waals surface area contributed by atoms with Crippen molar-refractivity contribution >= 4 is 69.2 Å². The maximum absolute atomic E-state index is 12.4. The zero-order valence-corrected chi connectivity index (χ0v) is 17.3. The lowest BCUT2D eigenvalue weighted by Crippen LogP contribution is -2.16. The topological polar surface area (TPSA) is 64.1 Å². The molecular formula is C16H12Cl3N3O2S2. The maximum atomic E-state index is 12.4. The number of rotatable bonds is 6. The number of ether oxygens (including phenoxy) is 1. The molecule has 0 spiro atoms. The van der Waals surface area contributed by atoms with Crippen molar-refractivity contribution in [1.82, 2.24) is 9.97 Å². The SMILES string of the molecule is Cc1scnc1NC(=O)Cc1c(Cl)ccc(Cl)c1OCc1cnc(Cl)s1. The van der Waals surface area contributed by atoms with Gasteiger partial charge < -0.3 is 10.1 Å². The summed E-state index contributed by atoms with van der Waals surface area (Å²) in [5.74, 6) is 0.655. The van der Waals surface area contributed by atoms with Crippen molar-refractivity contribution < 1.29 is 9.53 Å². The van der Waals surface area contributed by atoms with Crippen LogP contribution in [0.25, 0.3) is 0 Å². The molecule has 2 aromatic heterocycles. The number of carbonyl (C=O) groups excluding carboxylic acids is 1. The lowest BCUT2D eigenvalue weighted by atomic mass is 10.1. The van der Waals surface area contributed by atoms with E-state index < -0.39 is 0 Å². The Bertz CT molecular complexity index is 943. The van der Waals surface area contributed by atoms with E-state index in [2.05, 4.69) is 15.3 Å². The fourth-order valence-electron chi connectivity index (χ4n) is 2.15. The van der Waals surface area contributed by atoms with E-state index in [0.717, 1.165) is 9.75 Å². The normalized spacial score (nSPS) is 10.8. The van der Waals surface area contributed by atoms with Crippen LogP contribution in [0.5, 0.6) is 5.75 Å². The summed E-state index contributed by atoms with van der Waals surface area (Å²) in [4.78, 5) is 22.2. The van der Waals surface area contributed by atoms with Crippen LogP contribution in [0.1, 0.15) is 15.3 Å². The van der Waals surface area contributed by atoms with Gasteiger partial charge in [0, 0.05) is 21.7 Å². The molecule has 1 N–H and O–H groups in total. The number of aryl methyl sites for hydroxylation is 1. The third-order valence-electron chi connectivity index (χ3n) is 3.38. The first-order chi connectivity index (χ1) is 12.4. The third kappa shape index (κ3) is 4.66. The number of halogens is 3. The van der Waals surface area contributed by atoms with Gasteiger partial charge in [0.1, 0.15) is 18.2 Å². The number of thiazole rings is 2. The molecule has 0 unspecified atom stereocenters. The Labute approximate surface area is 172 Å². The highest BCUT2D eigenvalue weighted by Crippen LogP contribution is 2.35. The average Bonchev–Trinajstić information content (AvgIpc) is 3.19. The van der Waals surface area contributed by atoms with Gasteiger partial charge in [0.15, 0.2) is 4.47 Å². The van der Waals surface area contributed by atoms with Crippen molar-refractivity contribution in [2.24, 2.45) is 0 Å². The van der Waals surface area contributed by atoms with Crippen LogP contribution in [0.2, 0.25) is 14.5 Å². The van der Waals surface area contributed by atoms with Crippen LogP contribution < -0.4 is 10.1 Å². The molecule has 0 bridgehead atoms. The van der Waals surface area contributed by atoms with E-state index in [9.17, 15) is 4.79 Å². The van der Waals surface area contributed by atoms with Crippen LogP contribution in [0, 0.1) is 6.92 Å². The van der Waals surface area contributed by atoms with Gasteiger partial charge in [0.2, 0.25) is 5.91 Å². The second-order valence-corrected chi connectivity index (χ2v) is 8.76. The molecule has 0 atom stereocenters. The van der Waals surface area contributed by atoms with Crippen LogP contribution in [0.15, 0.2) is 23.8 Å². The van der Waals surface area contributed by atoms with Gasteiger partial charge in [-0.3, -0.25) is 4.79 Å². The van der Waals surface area contributed by atoms with Crippen molar-refractivity contribution in [3.05, 3.63) is 53.7 Å². The molecule has 10 heteroatoms. The average molecular weight is 449 g/mol. The molecule has 2 heterocycles. The fourth-order valence-corrected chi connectivity index (χ4v) is 4.02. The fraction of sp³-hybridized carbons (Fsp3) is 0.188. The van der Waals surface area contributed by atoms with Gasteiger partial charge in [0.05, 0.1) is 21.8 Å². The highest BCUT2D eigenvalue weighted by Gasteiger charge is 2.18. The van der Waals surface area contributed by atoms with Gasteiger partial charge in [-0.05, 0) is 19.1 Å². The summed E-state index contributed by atoms with van der Waals surface area (Å²) in [5.41, 5.74) is 2.19. The number of anilines is 1. The summed E-state index contributed by atoms with van der Waals surface area (Å²) in [5, 5.41) is 3.54. The molecule has 0 fully saturated rings. The monoisotopic (exact) mass is 447 g/mol. The molecule has 0 saturated heterocycles. The number of benzene rings is 1. The lowest BCUT2D eigenvalue weighted by Gasteiger charge is -2.14. The largest absolute Gasteiger partial charge is 0.486 e. The Hall–Kier alpha value is -1.38. The number of nitrogens with zero attached hydrogens (tertiary/aromatic N) is 2. The smallest absolute Gasteiger partial charge is 0.230 e. The standard InChI is InChI=1S/C16H12Cl3N3O2S2/c1-8-15(21-7-25-8)22-13(23)4-10-11(17)2-3-12(18)14(10)24-6-9-5-20-16(19)26-9/h2-3,5,7H,4,6H2,1H3,(H,22,23). The number of hydrogen-bond acceptors (Lipinski definition) is 6. The summed E-state index contributed by atoms with van der Waals surface area (Å²) in [7, 11) is 0. The zero-order chi connectivity index (χ0) is 18.7. The Morgan fingerprint density at radius 2 is 2.00 bits per heavy atom. The number of amides is 1. The molecule has 3 rings (SSSR count). The minimum absolute atomic E-state index is 0.00907. The summed E-state index contributed by atoms with van der Waals surface area (Å²) in [6.45, 7) is 2.11. The summed E-state index contributed by atoms with van der Waals surface area (Å²) in [6.07, 6.45) is 1.64. The van der Waals surface area contributed by atoms with Gasteiger partial charge >= 0.3 is 0 Å². The van der Waals surface area contributed by atoms with Crippen LogP contribution in [-0.2, 0) is 17.8 Å². The van der Waals surface area contributed by atoms with Gasteiger partial charge in [-0.15, -0.1) is 22.7 Å². The summed E-state index contributed by atoms with van der Waals surface area (Å²) < 4.78 is 6.24. The van der Waals surface area contributed by atoms with E-state index >= 15 is 0 Å². The van der Waals surface area contributed by atoms with Gasteiger partial charge in [-0.25, -0.2) is 9.97 Å². The van der Waals surface area contributed by atoms with Crippen molar-refractivity contribution in [3.63, 3.8) is 0 Å². The molecular weight excluding hydrogens is 437 g/mol. The van der Waals surface area contributed by atoms with Gasteiger partial charge in [-0.1, -0.05) is 34.8 Å². The Morgan fingerprint density at radius 1 is 1.23 bits per heavy atom. The molecule has 0 aliphatic rings. The van der Waals surface area contributed by atoms with E-state index in [1.807, 2.05) is 6.92 Å². The van der Waals surface area contributed by atoms with Crippen molar-refractivity contribution in [2.75, 3.05) is 5.32 Å². The zero-order valence-electron chi connectivity index (χ0n) is 13.4. The predicted octanol–water partition coefficient (Wildman–Crippen LogP) is 5.63. The lowest BCUT2D eigenvalue weighted by molar-refractivity contribution is -0.115. The van der Waals surface area contributed by atoms with E-state index in [4.69, 9.17) is 39.5 Å². The second kappa shape index (κ2) is 8.54. The molecule has 3 aromatic rings. The maximum Gasteiger partial charge on any atom is 0.230 e. The Balaban J connectivity index is 1.78. The number of nitrogens with one attached hydrogen (secondary N) is 1. The molecule has 26 heavy (non-hydrogen) atoms. The Kier molecular flexibility index (Phi) is 6.37. The molecule has 0 aliphatic carbocycles. The molecule has 136 valence electrons. The first kappa shape index (κ1) is 19.4. The van der Waals surface area contributed by atoms with Gasteiger partial charge in [0.25, 0.3) is 0 Å². The highest BCUT2D eigenvalue weighted by atomic mass is 35.5. The molecule has 1 aromatic carbocycles. The van der Waals surface area contributed by atoms with Crippen molar-refractivity contribution in [1.29, 1.82) is 0 Å². The minimum atomic E-state index is -0.256. The van der Waals surface area contributed by atoms with Crippen LogP contribution in [-0.4, -0.2) is 15.9 Å². The first-order valence-corrected chi connectivity index (χ1v) is 10.2. The van der Waals surface area contributed by atoms with E-state index in [1.165, 1.54) is 22.7 Å². The van der Waals surface area contributed by atoms with Crippen molar-refractivity contribution in [3.8, 4) is 5.75 Å². The first-order valence-electron chi connectivity index (χ1n) is 7.34. The Morgan fingerprint density at radius 3 is 2.65 bits per heavy atom.